The Morgan fingerprint density at radius 3 is 2.21 bits per heavy atom. The van der Waals surface area contributed by atoms with Crippen LogP contribution in [-0.4, -0.2) is 42.7 Å². The zero-order chi connectivity index (χ0) is 18.0. The minimum Gasteiger partial charge on any atom is -0.462 e. The first-order chi connectivity index (χ1) is 11.5. The van der Waals surface area contributed by atoms with Crippen LogP contribution in [-0.2, 0) is 29.2 Å². The van der Waals surface area contributed by atoms with Gasteiger partial charge in [-0.1, -0.05) is 36.9 Å². The van der Waals surface area contributed by atoms with Crippen molar-refractivity contribution in [2.45, 2.75) is 31.7 Å². The molecule has 0 heterocycles. The number of hydrogen-bond acceptors (Lipinski definition) is 5. The summed E-state index contributed by atoms with van der Waals surface area (Å²) < 4.78 is 22.1. The molecule has 0 bridgehead atoms. The van der Waals surface area contributed by atoms with Crippen LogP contribution in [0.25, 0.3) is 0 Å². The number of aryl methyl sites for hydroxylation is 1. The number of carbonyl (C=O) groups excluding carboxylic acids is 1. The Bertz CT molecular complexity index is 505. The summed E-state index contributed by atoms with van der Waals surface area (Å²) in [6.07, 6.45) is 2.64. The Morgan fingerprint density at radius 1 is 1.12 bits per heavy atom. The van der Waals surface area contributed by atoms with E-state index in [9.17, 15) is 4.79 Å². The number of hydrogen-bond donors (Lipinski definition) is 0. The molecule has 24 heavy (non-hydrogen) atoms. The summed E-state index contributed by atoms with van der Waals surface area (Å²) in [7, 11) is 1.83. The predicted octanol–water partition coefficient (Wildman–Crippen LogP) is 3.38. The van der Waals surface area contributed by atoms with Gasteiger partial charge in [-0.25, -0.2) is 4.79 Å². The van der Waals surface area contributed by atoms with Gasteiger partial charge in [0, 0.05) is 26.9 Å². The predicted molar refractivity (Wildman–Crippen MR) is 95.7 cm³/mol. The minimum absolute atomic E-state index is 0.121. The van der Waals surface area contributed by atoms with E-state index in [0.29, 0.717) is 5.57 Å². The molecule has 134 valence electrons. The van der Waals surface area contributed by atoms with Gasteiger partial charge in [0.1, 0.15) is 0 Å². The normalized spacial score (nSPS) is 12.7. The van der Waals surface area contributed by atoms with Gasteiger partial charge < -0.3 is 18.0 Å². The van der Waals surface area contributed by atoms with E-state index >= 15 is 0 Å². The lowest BCUT2D eigenvalue weighted by Crippen LogP contribution is -2.49. The minimum atomic E-state index is -2.89. The van der Waals surface area contributed by atoms with E-state index in [-0.39, 0.29) is 12.1 Å². The monoisotopic (exact) mass is 352 g/mol. The molecule has 0 aliphatic heterocycles. The first kappa shape index (κ1) is 20.6. The quantitative estimate of drug-likeness (QED) is 0.347. The van der Waals surface area contributed by atoms with Crippen molar-refractivity contribution in [3.63, 3.8) is 0 Å². The van der Waals surface area contributed by atoms with Gasteiger partial charge in [-0.2, -0.15) is 0 Å². The van der Waals surface area contributed by atoms with E-state index in [1.807, 2.05) is 18.2 Å². The second-order valence-corrected chi connectivity index (χ2v) is 8.92. The van der Waals surface area contributed by atoms with E-state index in [0.717, 1.165) is 19.3 Å². The largest absolute Gasteiger partial charge is 0.506 e. The van der Waals surface area contributed by atoms with Crippen LogP contribution in [0.15, 0.2) is 42.5 Å². The third kappa shape index (κ3) is 5.87. The first-order valence-electron chi connectivity index (χ1n) is 8.01. The van der Waals surface area contributed by atoms with E-state index in [1.165, 1.54) is 5.56 Å². The van der Waals surface area contributed by atoms with Crippen molar-refractivity contribution in [1.29, 1.82) is 0 Å². The van der Waals surface area contributed by atoms with Crippen LogP contribution in [0.1, 0.15) is 25.3 Å². The van der Waals surface area contributed by atoms with Crippen LogP contribution in [0.2, 0.25) is 5.54 Å². The molecule has 0 amide bonds. The average molecular weight is 353 g/mol. The van der Waals surface area contributed by atoms with Crippen molar-refractivity contribution < 1.29 is 22.8 Å². The van der Waals surface area contributed by atoms with Crippen molar-refractivity contribution in [2.24, 2.45) is 0 Å². The van der Waals surface area contributed by atoms with Gasteiger partial charge in [-0.05, 0) is 31.7 Å². The van der Waals surface area contributed by atoms with Crippen LogP contribution >= 0.6 is 0 Å². The smallest absolute Gasteiger partial charge is 0.462 e. The maximum Gasteiger partial charge on any atom is 0.506 e. The van der Waals surface area contributed by atoms with Crippen molar-refractivity contribution >= 4 is 14.8 Å². The van der Waals surface area contributed by atoms with Crippen LogP contribution < -0.4 is 0 Å². The van der Waals surface area contributed by atoms with Gasteiger partial charge in [0.15, 0.2) is 0 Å². The molecule has 0 spiro atoms. The van der Waals surface area contributed by atoms with Gasteiger partial charge in [-0.15, -0.1) is 0 Å². The molecule has 0 saturated heterocycles. The summed E-state index contributed by atoms with van der Waals surface area (Å²) in [6.45, 7) is 5.42. The van der Waals surface area contributed by atoms with Crippen LogP contribution in [0.3, 0.4) is 0 Å². The fourth-order valence-electron chi connectivity index (χ4n) is 2.61. The van der Waals surface area contributed by atoms with Crippen molar-refractivity contribution in [3.05, 3.63) is 48.0 Å². The topological polar surface area (TPSA) is 54.0 Å². The van der Waals surface area contributed by atoms with E-state index in [1.54, 1.807) is 28.3 Å². The van der Waals surface area contributed by atoms with Crippen molar-refractivity contribution in [3.8, 4) is 0 Å². The second kappa shape index (κ2) is 10.4. The Labute approximate surface area is 145 Å². The highest BCUT2D eigenvalue weighted by Crippen LogP contribution is 2.30. The molecule has 0 saturated carbocycles. The molecule has 0 N–H and O–H groups in total. The number of rotatable bonds is 11. The third-order valence-electron chi connectivity index (χ3n) is 3.98. The van der Waals surface area contributed by atoms with Crippen LogP contribution in [0.4, 0.5) is 0 Å². The zero-order valence-electron chi connectivity index (χ0n) is 15.0. The molecule has 5 nitrogen and oxygen atoms in total. The molecule has 0 radical (unpaired) electrons. The van der Waals surface area contributed by atoms with Crippen LogP contribution in [0, 0.1) is 0 Å². The molecule has 6 heteroatoms. The summed E-state index contributed by atoms with van der Waals surface area (Å²) in [4.78, 5) is 11.7. The van der Waals surface area contributed by atoms with Gasteiger partial charge in [0.25, 0.3) is 0 Å². The molecule has 1 atom stereocenters. The van der Waals surface area contributed by atoms with Crippen LogP contribution in [0.5, 0.6) is 0 Å². The summed E-state index contributed by atoms with van der Waals surface area (Å²) in [5.41, 5.74) is 1.52. The van der Waals surface area contributed by atoms with E-state index in [4.69, 9.17) is 18.0 Å². The highest BCUT2D eigenvalue weighted by atomic mass is 28.4. The number of esters is 1. The maximum atomic E-state index is 11.7. The Kier molecular flexibility index (Phi) is 8.92. The van der Waals surface area contributed by atoms with Crippen molar-refractivity contribution in [2.75, 3.05) is 27.9 Å². The van der Waals surface area contributed by atoms with Gasteiger partial charge >= 0.3 is 14.8 Å². The molecular weight excluding hydrogens is 324 g/mol. The summed E-state index contributed by atoms with van der Waals surface area (Å²) >= 11 is 0. The van der Waals surface area contributed by atoms with Gasteiger partial charge in [0.2, 0.25) is 0 Å². The van der Waals surface area contributed by atoms with E-state index in [2.05, 4.69) is 18.7 Å². The molecule has 1 unspecified atom stereocenters. The number of carbonyl (C=O) groups is 1. The lowest BCUT2D eigenvalue weighted by atomic mass is 10.1. The fourth-order valence-corrected chi connectivity index (χ4v) is 4.95. The maximum absolute atomic E-state index is 11.7. The molecule has 0 aliphatic rings. The van der Waals surface area contributed by atoms with Crippen molar-refractivity contribution in [1.82, 2.24) is 0 Å². The summed E-state index contributed by atoms with van der Waals surface area (Å²) in [6, 6.07) is 10.3. The Morgan fingerprint density at radius 2 is 1.71 bits per heavy atom. The van der Waals surface area contributed by atoms with E-state index < -0.39 is 14.8 Å². The lowest BCUT2D eigenvalue weighted by Gasteiger charge is -2.32. The zero-order valence-corrected chi connectivity index (χ0v) is 16.0. The molecule has 1 rings (SSSR count). The molecule has 0 aliphatic carbocycles. The third-order valence-corrected chi connectivity index (χ3v) is 7.14. The molecular formula is C18H28O5Si. The Balaban J connectivity index is 2.72. The molecule has 0 aromatic heterocycles. The first-order valence-corrected chi connectivity index (χ1v) is 9.81. The fraction of sp³-hybridized carbons (Fsp3) is 0.500. The molecule has 1 aromatic carbocycles. The summed E-state index contributed by atoms with van der Waals surface area (Å²) in [5.74, 6) is -0.408. The van der Waals surface area contributed by atoms with Gasteiger partial charge in [0.05, 0.1) is 12.1 Å². The molecule has 1 aromatic rings. The summed E-state index contributed by atoms with van der Waals surface area (Å²) in [5, 5.41) is 0. The highest BCUT2D eigenvalue weighted by molar-refractivity contribution is 6.62. The van der Waals surface area contributed by atoms with Gasteiger partial charge in [-0.3, -0.25) is 0 Å². The molecule has 0 fully saturated rings. The standard InChI is InChI=1S/C18H28O5Si/c1-15(2)18(19)23-14-17(24(20-3,21-4)22-5)13-9-12-16-10-7-6-8-11-16/h6-8,10-11,17H,1,9,12-14H2,2-5H3. The number of ether oxygens (including phenoxy) is 1. The second-order valence-electron chi connectivity index (χ2n) is 5.67. The highest BCUT2D eigenvalue weighted by Gasteiger charge is 2.47. The number of benzene rings is 1. The lowest BCUT2D eigenvalue weighted by molar-refractivity contribution is -0.139. The SMILES string of the molecule is C=C(C)C(=O)OCC(CCCc1ccccc1)[Si](OC)(OC)OC. The Hall–Kier alpha value is -1.47. The average Bonchev–Trinajstić information content (AvgIpc) is 2.61.